The highest BCUT2D eigenvalue weighted by Gasteiger charge is 2.20. The summed E-state index contributed by atoms with van der Waals surface area (Å²) in [7, 11) is 2.16. The minimum absolute atomic E-state index is 0.737. The van der Waals surface area contributed by atoms with Crippen molar-refractivity contribution in [3.63, 3.8) is 0 Å². The first-order valence-corrected chi connectivity index (χ1v) is 8.28. The van der Waals surface area contributed by atoms with Gasteiger partial charge in [-0.3, -0.25) is 0 Å². The fourth-order valence-corrected chi connectivity index (χ4v) is 2.88. The third kappa shape index (κ3) is 4.08. The Hall–Kier alpha value is -1.32. The predicted molar refractivity (Wildman–Crippen MR) is 92.6 cm³/mol. The van der Waals surface area contributed by atoms with Crippen molar-refractivity contribution in [2.45, 2.75) is 32.0 Å². The largest absolute Gasteiger partial charge is 0.370 e. The van der Waals surface area contributed by atoms with Crippen LogP contribution < -0.4 is 10.2 Å². The fourth-order valence-electron chi connectivity index (χ4n) is 2.53. The Labute approximate surface area is 135 Å². The molecule has 0 heterocycles. The van der Waals surface area contributed by atoms with Gasteiger partial charge in [0.05, 0.1) is 0 Å². The van der Waals surface area contributed by atoms with Crippen molar-refractivity contribution >= 4 is 21.6 Å². The van der Waals surface area contributed by atoms with Crippen LogP contribution >= 0.6 is 15.9 Å². The predicted octanol–water partition coefficient (Wildman–Crippen LogP) is 4.34. The number of hydrogen-bond acceptors (Lipinski definition) is 2. The summed E-state index contributed by atoms with van der Waals surface area (Å²) in [6.45, 7) is 1.88. The van der Waals surface area contributed by atoms with Gasteiger partial charge in [0.25, 0.3) is 0 Å². The molecule has 2 aromatic rings. The number of benzene rings is 2. The molecule has 2 aromatic carbocycles. The van der Waals surface area contributed by atoms with E-state index in [-0.39, 0.29) is 0 Å². The lowest BCUT2D eigenvalue weighted by Gasteiger charge is -2.23. The molecule has 1 saturated carbocycles. The summed E-state index contributed by atoms with van der Waals surface area (Å²) in [5, 5.41) is 3.61. The van der Waals surface area contributed by atoms with Crippen LogP contribution in [-0.2, 0) is 13.1 Å². The summed E-state index contributed by atoms with van der Waals surface area (Å²) >= 11 is 3.60. The zero-order valence-corrected chi connectivity index (χ0v) is 13.9. The molecule has 0 spiro atoms. The van der Waals surface area contributed by atoms with E-state index in [1.54, 1.807) is 0 Å². The Morgan fingerprint density at radius 2 is 1.90 bits per heavy atom. The monoisotopic (exact) mass is 344 g/mol. The second-order valence-corrected chi connectivity index (χ2v) is 6.69. The van der Waals surface area contributed by atoms with Crippen LogP contribution in [0.1, 0.15) is 24.0 Å². The Morgan fingerprint density at radius 1 is 1.14 bits per heavy atom. The van der Waals surface area contributed by atoms with E-state index in [9.17, 15) is 0 Å². The molecular formula is C18H21BrN2. The Kier molecular flexibility index (Phi) is 4.61. The second kappa shape index (κ2) is 6.63. The molecule has 1 aliphatic carbocycles. The summed E-state index contributed by atoms with van der Waals surface area (Å²) < 4.78 is 1.13. The van der Waals surface area contributed by atoms with Crippen LogP contribution in [0.15, 0.2) is 53.0 Å². The van der Waals surface area contributed by atoms with E-state index in [1.165, 1.54) is 29.7 Å². The van der Waals surface area contributed by atoms with E-state index < -0.39 is 0 Å². The van der Waals surface area contributed by atoms with Crippen LogP contribution in [-0.4, -0.2) is 13.1 Å². The molecule has 0 amide bonds. The maximum absolute atomic E-state index is 3.61. The first-order chi connectivity index (χ1) is 10.2. The van der Waals surface area contributed by atoms with Gasteiger partial charge in [-0.1, -0.05) is 52.3 Å². The molecule has 21 heavy (non-hydrogen) atoms. The number of halogens is 1. The maximum atomic E-state index is 3.61. The minimum atomic E-state index is 0.737. The normalized spacial score (nSPS) is 14.2. The highest BCUT2D eigenvalue weighted by molar-refractivity contribution is 9.10. The average molecular weight is 345 g/mol. The molecular weight excluding hydrogens is 324 g/mol. The Balaban J connectivity index is 1.76. The van der Waals surface area contributed by atoms with Crippen molar-refractivity contribution in [1.82, 2.24) is 5.32 Å². The van der Waals surface area contributed by atoms with Crippen molar-refractivity contribution in [1.29, 1.82) is 0 Å². The van der Waals surface area contributed by atoms with Gasteiger partial charge in [-0.25, -0.2) is 0 Å². The number of nitrogens with one attached hydrogen (secondary N) is 1. The highest BCUT2D eigenvalue weighted by atomic mass is 79.9. The van der Waals surface area contributed by atoms with Crippen LogP contribution in [0.4, 0.5) is 5.69 Å². The van der Waals surface area contributed by atoms with Crippen LogP contribution in [0.5, 0.6) is 0 Å². The molecule has 1 N–H and O–H groups in total. The van der Waals surface area contributed by atoms with Gasteiger partial charge in [-0.05, 0) is 36.1 Å². The number of hydrogen-bond donors (Lipinski definition) is 1. The number of nitrogens with zero attached hydrogens (tertiary/aromatic N) is 1. The van der Waals surface area contributed by atoms with E-state index in [0.717, 1.165) is 23.6 Å². The lowest BCUT2D eigenvalue weighted by atomic mass is 10.1. The first-order valence-electron chi connectivity index (χ1n) is 7.49. The zero-order chi connectivity index (χ0) is 14.7. The number of anilines is 1. The van der Waals surface area contributed by atoms with Crippen molar-refractivity contribution in [2.75, 3.05) is 11.9 Å². The van der Waals surface area contributed by atoms with E-state index in [1.807, 2.05) is 0 Å². The van der Waals surface area contributed by atoms with E-state index in [4.69, 9.17) is 0 Å². The summed E-state index contributed by atoms with van der Waals surface area (Å²) in [4.78, 5) is 2.32. The third-order valence-corrected chi connectivity index (χ3v) is 4.37. The molecule has 0 aliphatic heterocycles. The quantitative estimate of drug-likeness (QED) is 0.838. The lowest BCUT2D eigenvalue weighted by Crippen LogP contribution is -2.21. The molecule has 3 rings (SSSR count). The highest BCUT2D eigenvalue weighted by Crippen LogP contribution is 2.27. The summed E-state index contributed by atoms with van der Waals surface area (Å²) in [6, 6.07) is 17.9. The Bertz CT molecular complexity index is 593. The summed E-state index contributed by atoms with van der Waals surface area (Å²) in [6.07, 6.45) is 2.65. The lowest BCUT2D eigenvalue weighted by molar-refractivity contribution is 0.685. The van der Waals surface area contributed by atoms with Gasteiger partial charge in [0.2, 0.25) is 0 Å². The molecule has 1 fully saturated rings. The van der Waals surface area contributed by atoms with E-state index >= 15 is 0 Å². The van der Waals surface area contributed by atoms with Crippen LogP contribution in [0.2, 0.25) is 0 Å². The molecule has 2 nitrogen and oxygen atoms in total. The van der Waals surface area contributed by atoms with Gasteiger partial charge in [0.1, 0.15) is 0 Å². The topological polar surface area (TPSA) is 15.3 Å². The van der Waals surface area contributed by atoms with Crippen molar-refractivity contribution < 1.29 is 0 Å². The van der Waals surface area contributed by atoms with Crippen LogP contribution in [0.25, 0.3) is 0 Å². The standard InChI is InChI=1S/C18H21BrN2/c1-21(13-14-5-3-2-4-6-14)18-11-16(19)8-7-15(18)12-20-17-9-10-17/h2-8,11,17,20H,9-10,12-13H2,1H3. The first kappa shape index (κ1) is 14.6. The molecule has 3 heteroatoms. The SMILES string of the molecule is CN(Cc1ccccc1)c1cc(Br)ccc1CNC1CC1. The van der Waals surface area contributed by atoms with Gasteiger partial charge in [-0.2, -0.15) is 0 Å². The van der Waals surface area contributed by atoms with Gasteiger partial charge in [0, 0.05) is 36.3 Å². The molecule has 0 atom stereocenters. The van der Waals surface area contributed by atoms with Gasteiger partial charge < -0.3 is 10.2 Å². The van der Waals surface area contributed by atoms with E-state index in [0.29, 0.717) is 0 Å². The van der Waals surface area contributed by atoms with Crippen molar-refractivity contribution in [2.24, 2.45) is 0 Å². The maximum Gasteiger partial charge on any atom is 0.0426 e. The molecule has 110 valence electrons. The molecule has 0 aromatic heterocycles. The Morgan fingerprint density at radius 3 is 2.62 bits per heavy atom. The van der Waals surface area contributed by atoms with Crippen molar-refractivity contribution in [3.05, 3.63) is 64.1 Å². The van der Waals surface area contributed by atoms with Crippen LogP contribution in [0, 0.1) is 0 Å². The zero-order valence-electron chi connectivity index (χ0n) is 12.3. The summed E-state index contributed by atoms with van der Waals surface area (Å²) in [5.41, 5.74) is 3.99. The number of rotatable bonds is 6. The minimum Gasteiger partial charge on any atom is -0.370 e. The van der Waals surface area contributed by atoms with Gasteiger partial charge in [-0.15, -0.1) is 0 Å². The van der Waals surface area contributed by atoms with Crippen LogP contribution in [0.3, 0.4) is 0 Å². The third-order valence-electron chi connectivity index (χ3n) is 3.88. The van der Waals surface area contributed by atoms with Crippen molar-refractivity contribution in [3.8, 4) is 0 Å². The molecule has 0 unspecified atom stereocenters. The second-order valence-electron chi connectivity index (χ2n) is 5.77. The molecule has 0 saturated heterocycles. The smallest absolute Gasteiger partial charge is 0.0426 e. The van der Waals surface area contributed by atoms with Gasteiger partial charge in [0.15, 0.2) is 0 Å². The fraction of sp³-hybridized carbons (Fsp3) is 0.333. The van der Waals surface area contributed by atoms with Gasteiger partial charge >= 0.3 is 0 Å². The van der Waals surface area contributed by atoms with E-state index in [2.05, 4.69) is 81.7 Å². The molecule has 0 radical (unpaired) electrons. The summed E-state index contributed by atoms with van der Waals surface area (Å²) in [5.74, 6) is 0. The molecule has 1 aliphatic rings. The molecule has 0 bridgehead atoms. The average Bonchev–Trinajstić information content (AvgIpc) is 3.31.